The van der Waals surface area contributed by atoms with Crippen LogP contribution >= 0.6 is 0 Å². The Morgan fingerprint density at radius 2 is 1.14 bits per heavy atom. The van der Waals surface area contributed by atoms with Crippen LogP contribution in [0.25, 0.3) is 0 Å². The Morgan fingerprint density at radius 1 is 0.667 bits per heavy atom. The fourth-order valence-corrected chi connectivity index (χ4v) is 5.42. The van der Waals surface area contributed by atoms with Gasteiger partial charge in [-0.25, -0.2) is 0 Å². The summed E-state index contributed by atoms with van der Waals surface area (Å²) in [5.74, 6) is 0. The minimum Gasteiger partial charge on any atom is -0.361 e. The summed E-state index contributed by atoms with van der Waals surface area (Å²) in [6.07, 6.45) is -2.87. The lowest BCUT2D eigenvalue weighted by molar-refractivity contribution is -0.119. The van der Waals surface area contributed by atoms with E-state index in [4.69, 9.17) is 0 Å². The zero-order chi connectivity index (χ0) is 25.0. The van der Waals surface area contributed by atoms with E-state index >= 15 is 0 Å². The summed E-state index contributed by atoms with van der Waals surface area (Å²) in [4.78, 5) is 1.49. The molecule has 4 aromatic carbocycles. The van der Waals surface area contributed by atoms with E-state index in [0.717, 1.165) is 28.7 Å². The third-order valence-electron chi connectivity index (χ3n) is 6.95. The van der Waals surface area contributed by atoms with Gasteiger partial charge in [-0.05, 0) is 41.2 Å². The van der Waals surface area contributed by atoms with Crippen LogP contribution in [0.15, 0.2) is 115 Å². The normalized spacial score (nSPS) is 16.3. The van der Waals surface area contributed by atoms with Crippen molar-refractivity contribution in [2.75, 3.05) is 18.0 Å². The van der Waals surface area contributed by atoms with Gasteiger partial charge in [-0.15, -0.1) is 0 Å². The number of aryl methyl sites for hydroxylation is 1. The van der Waals surface area contributed by atoms with Crippen LogP contribution in [0.4, 0.5) is 18.9 Å². The summed E-state index contributed by atoms with van der Waals surface area (Å²) in [6.45, 7) is -0.720. The van der Waals surface area contributed by atoms with Crippen LogP contribution in [0.3, 0.4) is 0 Å². The van der Waals surface area contributed by atoms with Gasteiger partial charge < -0.3 is 4.90 Å². The van der Waals surface area contributed by atoms with Crippen LogP contribution in [0.5, 0.6) is 0 Å². The molecule has 184 valence electrons. The number of para-hydroxylation sites is 1. The number of rotatable bonds is 6. The van der Waals surface area contributed by atoms with Crippen LogP contribution in [0.2, 0.25) is 0 Å². The number of nitrogens with one attached hydrogen (secondary N) is 1. The minimum atomic E-state index is -4.29. The third kappa shape index (κ3) is 5.02. The average Bonchev–Trinajstić information content (AvgIpc) is 3.07. The van der Waals surface area contributed by atoms with E-state index < -0.39 is 18.3 Å². The molecule has 0 unspecified atom stereocenters. The van der Waals surface area contributed by atoms with Crippen molar-refractivity contribution in [3.8, 4) is 0 Å². The Labute approximate surface area is 210 Å². The molecule has 0 saturated carbocycles. The smallest absolute Gasteiger partial charge is 0.361 e. The highest BCUT2D eigenvalue weighted by Gasteiger charge is 2.40. The Balaban J connectivity index is 1.62. The molecule has 0 radical (unpaired) electrons. The van der Waals surface area contributed by atoms with Crippen molar-refractivity contribution < 1.29 is 13.2 Å². The van der Waals surface area contributed by atoms with Gasteiger partial charge in [0.2, 0.25) is 0 Å². The molecule has 5 heteroatoms. The summed E-state index contributed by atoms with van der Waals surface area (Å²) in [7, 11) is 0. The first-order valence-electron chi connectivity index (χ1n) is 12.3. The Bertz CT molecular complexity index is 1160. The number of hydrogen-bond donors (Lipinski definition) is 1. The molecule has 0 saturated heterocycles. The van der Waals surface area contributed by atoms with Crippen LogP contribution in [0, 0.1) is 0 Å². The largest absolute Gasteiger partial charge is 0.405 e. The van der Waals surface area contributed by atoms with Crippen LogP contribution in [-0.4, -0.2) is 25.3 Å². The van der Waals surface area contributed by atoms with Gasteiger partial charge in [-0.1, -0.05) is 109 Å². The zero-order valence-corrected chi connectivity index (χ0v) is 20.0. The lowest BCUT2D eigenvalue weighted by atomic mass is 9.76. The molecule has 1 aliphatic rings. The average molecular weight is 487 g/mol. The van der Waals surface area contributed by atoms with Gasteiger partial charge in [0.15, 0.2) is 0 Å². The fourth-order valence-electron chi connectivity index (χ4n) is 5.42. The molecule has 36 heavy (non-hydrogen) atoms. The molecule has 1 N–H and O–H groups in total. The van der Waals surface area contributed by atoms with E-state index in [-0.39, 0.29) is 12.6 Å². The van der Waals surface area contributed by atoms with E-state index in [2.05, 4.69) is 41.7 Å². The van der Waals surface area contributed by atoms with E-state index in [1.54, 1.807) is 0 Å². The Kier molecular flexibility index (Phi) is 6.84. The van der Waals surface area contributed by atoms with Crippen molar-refractivity contribution in [3.63, 3.8) is 0 Å². The van der Waals surface area contributed by atoms with Crippen molar-refractivity contribution in [1.29, 1.82) is 0 Å². The summed E-state index contributed by atoms with van der Waals surface area (Å²) in [5, 5.41) is 3.90. The molecule has 2 nitrogen and oxygen atoms in total. The summed E-state index contributed by atoms with van der Waals surface area (Å²) in [6, 6.07) is 37.8. The van der Waals surface area contributed by atoms with E-state index in [0.29, 0.717) is 12.1 Å². The molecule has 1 aliphatic heterocycles. The molecular weight excluding hydrogens is 457 g/mol. The SMILES string of the molecule is FC(F)(F)CN1C[C@H](NC(c2ccccc2)(c2ccccc2)c2ccccc2)CCc2ccccc21. The maximum atomic E-state index is 13.7. The first-order valence-corrected chi connectivity index (χ1v) is 12.3. The highest BCUT2D eigenvalue weighted by Crippen LogP contribution is 2.39. The maximum Gasteiger partial charge on any atom is 0.405 e. The third-order valence-corrected chi connectivity index (χ3v) is 6.95. The Hall–Kier alpha value is -3.57. The van der Waals surface area contributed by atoms with Crippen molar-refractivity contribution in [1.82, 2.24) is 5.32 Å². The standard InChI is InChI=1S/C31H29F3N2/c32-30(33,34)23-36-22-28(21-20-24-12-10-11-19-29(24)36)35-31(25-13-4-1-5-14-25,26-15-6-2-7-16-26)27-17-8-3-9-18-27/h1-19,28,35H,20-23H2/t28-/m1/s1. The van der Waals surface area contributed by atoms with Gasteiger partial charge in [0.25, 0.3) is 0 Å². The monoisotopic (exact) mass is 486 g/mol. The molecule has 0 spiro atoms. The summed E-state index contributed by atoms with van der Waals surface area (Å²) < 4.78 is 41.0. The fraction of sp³-hybridized carbons (Fsp3) is 0.226. The van der Waals surface area contributed by atoms with Crippen molar-refractivity contribution in [2.24, 2.45) is 0 Å². The number of benzene rings is 4. The van der Waals surface area contributed by atoms with Crippen molar-refractivity contribution >= 4 is 5.69 Å². The second-order valence-corrected chi connectivity index (χ2v) is 9.35. The number of alkyl halides is 3. The molecular formula is C31H29F3N2. The molecule has 4 aromatic rings. The zero-order valence-electron chi connectivity index (χ0n) is 20.0. The molecule has 0 aliphatic carbocycles. The lowest BCUT2D eigenvalue weighted by Crippen LogP contribution is -2.53. The van der Waals surface area contributed by atoms with Crippen LogP contribution < -0.4 is 10.2 Å². The summed E-state index contributed by atoms with van der Waals surface area (Å²) in [5.41, 5.74) is 4.04. The van der Waals surface area contributed by atoms with Gasteiger partial charge in [0, 0.05) is 18.3 Å². The predicted octanol–water partition coefficient (Wildman–Crippen LogP) is 6.95. The van der Waals surface area contributed by atoms with Gasteiger partial charge >= 0.3 is 6.18 Å². The highest BCUT2D eigenvalue weighted by atomic mass is 19.4. The molecule has 0 bridgehead atoms. The lowest BCUT2D eigenvalue weighted by Gasteiger charge is -2.41. The molecule has 0 amide bonds. The molecule has 1 heterocycles. The van der Waals surface area contributed by atoms with Crippen LogP contribution in [0.1, 0.15) is 28.7 Å². The maximum absolute atomic E-state index is 13.7. The van der Waals surface area contributed by atoms with Gasteiger partial charge in [-0.2, -0.15) is 13.2 Å². The predicted molar refractivity (Wildman–Crippen MR) is 139 cm³/mol. The first kappa shape index (κ1) is 24.1. The quantitative estimate of drug-likeness (QED) is 0.297. The Morgan fingerprint density at radius 3 is 1.64 bits per heavy atom. The first-order chi connectivity index (χ1) is 17.5. The number of hydrogen-bond acceptors (Lipinski definition) is 2. The van der Waals surface area contributed by atoms with Crippen molar-refractivity contribution in [2.45, 2.75) is 30.6 Å². The van der Waals surface area contributed by atoms with Gasteiger partial charge in [0.1, 0.15) is 6.54 Å². The van der Waals surface area contributed by atoms with Crippen molar-refractivity contribution in [3.05, 3.63) is 138 Å². The van der Waals surface area contributed by atoms with Crippen LogP contribution in [-0.2, 0) is 12.0 Å². The number of halogens is 3. The molecule has 0 fully saturated rings. The van der Waals surface area contributed by atoms with E-state index in [1.165, 1.54) is 4.90 Å². The molecule has 5 rings (SSSR count). The molecule has 0 aromatic heterocycles. The minimum absolute atomic E-state index is 0.194. The summed E-state index contributed by atoms with van der Waals surface area (Å²) >= 11 is 0. The van der Waals surface area contributed by atoms with Gasteiger partial charge in [-0.3, -0.25) is 5.32 Å². The second kappa shape index (κ2) is 10.2. The highest BCUT2D eigenvalue weighted by molar-refractivity contribution is 5.56. The number of fused-ring (bicyclic) bond motifs is 1. The molecule has 1 atom stereocenters. The second-order valence-electron chi connectivity index (χ2n) is 9.35. The van der Waals surface area contributed by atoms with E-state index in [9.17, 15) is 13.2 Å². The van der Waals surface area contributed by atoms with Gasteiger partial charge in [0.05, 0.1) is 5.54 Å². The topological polar surface area (TPSA) is 15.3 Å². The van der Waals surface area contributed by atoms with E-state index in [1.807, 2.05) is 78.9 Å². The number of nitrogens with zero attached hydrogens (tertiary/aromatic N) is 1. The number of anilines is 1.